The minimum atomic E-state index is -0.288. The zero-order valence-electron chi connectivity index (χ0n) is 6.34. The van der Waals surface area contributed by atoms with Crippen LogP contribution in [0, 0.1) is 0 Å². The summed E-state index contributed by atoms with van der Waals surface area (Å²) in [6, 6.07) is 2.55. The summed E-state index contributed by atoms with van der Waals surface area (Å²) in [5.41, 5.74) is 0.113. The Bertz CT molecular complexity index is 333. The molecule has 1 aromatic carbocycles. The molecule has 1 rings (SSSR count). The summed E-state index contributed by atoms with van der Waals surface area (Å²) in [6.45, 7) is 1.32. The second kappa shape index (κ2) is 3.15. The van der Waals surface area contributed by atoms with Crippen LogP contribution >= 0.6 is 15.9 Å². The van der Waals surface area contributed by atoms with E-state index in [1.54, 1.807) is 0 Å². The third kappa shape index (κ3) is 1.58. The SMILES string of the molecule is CC(=O)c1cc(O)cc(Br)c1O. The van der Waals surface area contributed by atoms with E-state index < -0.39 is 0 Å². The van der Waals surface area contributed by atoms with E-state index >= 15 is 0 Å². The van der Waals surface area contributed by atoms with Gasteiger partial charge in [-0.15, -0.1) is 0 Å². The first-order chi connectivity index (χ1) is 5.52. The summed E-state index contributed by atoms with van der Waals surface area (Å²) in [6.07, 6.45) is 0. The molecule has 0 aliphatic carbocycles. The van der Waals surface area contributed by atoms with Gasteiger partial charge in [-0.25, -0.2) is 0 Å². The van der Waals surface area contributed by atoms with Crippen molar-refractivity contribution in [2.75, 3.05) is 0 Å². The molecule has 0 saturated heterocycles. The number of carbonyl (C=O) groups is 1. The molecular formula is C8H7BrO3. The molecule has 0 amide bonds. The number of rotatable bonds is 1. The Labute approximate surface area is 77.8 Å². The molecule has 12 heavy (non-hydrogen) atoms. The number of benzene rings is 1. The van der Waals surface area contributed by atoms with Crippen LogP contribution in [0.4, 0.5) is 0 Å². The first kappa shape index (κ1) is 9.06. The van der Waals surface area contributed by atoms with Gasteiger partial charge in [-0.1, -0.05) is 0 Å². The van der Waals surface area contributed by atoms with Crippen molar-refractivity contribution in [2.45, 2.75) is 6.92 Å². The normalized spacial score (nSPS) is 9.83. The third-order valence-electron chi connectivity index (χ3n) is 1.43. The van der Waals surface area contributed by atoms with Crippen molar-refractivity contribution in [3.63, 3.8) is 0 Å². The van der Waals surface area contributed by atoms with E-state index in [2.05, 4.69) is 15.9 Å². The van der Waals surface area contributed by atoms with E-state index in [4.69, 9.17) is 5.11 Å². The summed E-state index contributed by atoms with van der Waals surface area (Å²) in [5.74, 6) is -0.478. The number of phenolic OH excluding ortho intramolecular Hbond substituents is 2. The molecule has 0 saturated carbocycles. The molecule has 0 aliphatic rings. The Hall–Kier alpha value is -1.03. The smallest absolute Gasteiger partial charge is 0.163 e. The second-order valence-corrected chi connectivity index (χ2v) is 3.23. The number of halogens is 1. The van der Waals surface area contributed by atoms with Crippen LogP contribution in [-0.2, 0) is 0 Å². The van der Waals surface area contributed by atoms with E-state index in [0.717, 1.165) is 0 Å². The topological polar surface area (TPSA) is 57.5 Å². The lowest BCUT2D eigenvalue weighted by Gasteiger charge is -2.03. The minimum absolute atomic E-state index is 0.0510. The number of phenols is 2. The van der Waals surface area contributed by atoms with Gasteiger partial charge in [-0.05, 0) is 35.0 Å². The lowest BCUT2D eigenvalue weighted by atomic mass is 10.1. The Morgan fingerprint density at radius 3 is 2.50 bits per heavy atom. The van der Waals surface area contributed by atoms with Gasteiger partial charge in [0.05, 0.1) is 10.0 Å². The van der Waals surface area contributed by atoms with Crippen LogP contribution in [0.1, 0.15) is 17.3 Å². The highest BCUT2D eigenvalue weighted by Gasteiger charge is 2.10. The van der Waals surface area contributed by atoms with Gasteiger partial charge in [0.2, 0.25) is 0 Å². The number of Topliss-reactive ketones (excluding diaryl/α,β-unsaturated/α-hetero) is 1. The zero-order valence-corrected chi connectivity index (χ0v) is 7.92. The highest BCUT2D eigenvalue weighted by Crippen LogP contribution is 2.32. The average molecular weight is 231 g/mol. The van der Waals surface area contributed by atoms with Crippen LogP contribution in [0.5, 0.6) is 11.5 Å². The van der Waals surface area contributed by atoms with Gasteiger partial charge in [0, 0.05) is 0 Å². The number of carbonyl (C=O) groups excluding carboxylic acids is 1. The first-order valence-electron chi connectivity index (χ1n) is 3.25. The van der Waals surface area contributed by atoms with Crippen LogP contribution in [0.3, 0.4) is 0 Å². The maximum absolute atomic E-state index is 10.9. The fourth-order valence-electron chi connectivity index (χ4n) is 0.853. The molecule has 0 bridgehead atoms. The molecule has 0 fully saturated rings. The third-order valence-corrected chi connectivity index (χ3v) is 2.03. The van der Waals surface area contributed by atoms with Crippen molar-refractivity contribution in [3.05, 3.63) is 22.2 Å². The summed E-state index contributed by atoms with van der Waals surface area (Å²) in [5, 5.41) is 18.4. The maximum atomic E-state index is 10.9. The predicted octanol–water partition coefficient (Wildman–Crippen LogP) is 2.06. The van der Waals surface area contributed by atoms with Crippen molar-refractivity contribution < 1.29 is 15.0 Å². The quantitative estimate of drug-likeness (QED) is 0.574. The van der Waals surface area contributed by atoms with Crippen molar-refractivity contribution in [1.82, 2.24) is 0 Å². The molecule has 0 atom stereocenters. The highest BCUT2D eigenvalue weighted by atomic mass is 79.9. The molecule has 0 aliphatic heterocycles. The second-order valence-electron chi connectivity index (χ2n) is 2.38. The Morgan fingerprint density at radius 2 is 2.00 bits per heavy atom. The Kier molecular flexibility index (Phi) is 2.38. The van der Waals surface area contributed by atoms with E-state index in [1.165, 1.54) is 19.1 Å². The van der Waals surface area contributed by atoms with Crippen molar-refractivity contribution in [3.8, 4) is 11.5 Å². The summed E-state index contributed by atoms with van der Waals surface area (Å²) >= 11 is 3.00. The molecule has 0 heterocycles. The van der Waals surface area contributed by atoms with Gasteiger partial charge in [-0.3, -0.25) is 4.79 Å². The van der Waals surface area contributed by atoms with Crippen LogP contribution in [0.25, 0.3) is 0 Å². The number of ketones is 1. The Balaban J connectivity index is 3.37. The van der Waals surface area contributed by atoms with E-state index in [0.29, 0.717) is 4.47 Å². The van der Waals surface area contributed by atoms with Crippen LogP contribution in [0.2, 0.25) is 0 Å². The monoisotopic (exact) mass is 230 g/mol. The van der Waals surface area contributed by atoms with Gasteiger partial charge in [0.25, 0.3) is 0 Å². The fraction of sp³-hybridized carbons (Fsp3) is 0.125. The first-order valence-corrected chi connectivity index (χ1v) is 4.04. The van der Waals surface area contributed by atoms with Crippen LogP contribution in [-0.4, -0.2) is 16.0 Å². The molecule has 0 aromatic heterocycles. The lowest BCUT2D eigenvalue weighted by molar-refractivity contribution is 0.101. The van der Waals surface area contributed by atoms with Gasteiger partial charge >= 0.3 is 0 Å². The standard InChI is InChI=1S/C8H7BrO3/c1-4(10)6-2-5(11)3-7(9)8(6)12/h2-3,11-12H,1H3. The maximum Gasteiger partial charge on any atom is 0.163 e. The number of hydrogen-bond donors (Lipinski definition) is 2. The van der Waals surface area contributed by atoms with Gasteiger partial charge in [0.1, 0.15) is 11.5 Å². The number of aromatic hydroxyl groups is 2. The van der Waals surface area contributed by atoms with Gasteiger partial charge in [-0.2, -0.15) is 0 Å². The molecule has 0 spiro atoms. The number of hydrogen-bond acceptors (Lipinski definition) is 3. The van der Waals surface area contributed by atoms with Crippen LogP contribution in [0.15, 0.2) is 16.6 Å². The van der Waals surface area contributed by atoms with E-state index in [1.807, 2.05) is 0 Å². The highest BCUT2D eigenvalue weighted by molar-refractivity contribution is 9.10. The Morgan fingerprint density at radius 1 is 1.42 bits per heavy atom. The van der Waals surface area contributed by atoms with Crippen molar-refractivity contribution in [2.24, 2.45) is 0 Å². The average Bonchev–Trinajstić information content (AvgIpc) is 1.96. The lowest BCUT2D eigenvalue weighted by Crippen LogP contribution is -1.92. The van der Waals surface area contributed by atoms with Crippen molar-refractivity contribution >= 4 is 21.7 Å². The molecule has 1 aromatic rings. The fourth-order valence-corrected chi connectivity index (χ4v) is 1.30. The van der Waals surface area contributed by atoms with Crippen LogP contribution < -0.4 is 0 Å². The molecular weight excluding hydrogens is 224 g/mol. The summed E-state index contributed by atoms with van der Waals surface area (Å²) in [7, 11) is 0. The molecule has 0 radical (unpaired) electrons. The summed E-state index contributed by atoms with van der Waals surface area (Å²) in [4.78, 5) is 10.9. The molecule has 0 unspecified atom stereocenters. The van der Waals surface area contributed by atoms with Gasteiger partial charge in [0.15, 0.2) is 5.78 Å². The summed E-state index contributed by atoms with van der Waals surface area (Å²) < 4.78 is 0.313. The minimum Gasteiger partial charge on any atom is -0.508 e. The zero-order chi connectivity index (χ0) is 9.30. The van der Waals surface area contributed by atoms with E-state index in [-0.39, 0.29) is 22.8 Å². The van der Waals surface area contributed by atoms with Crippen molar-refractivity contribution in [1.29, 1.82) is 0 Å². The molecule has 64 valence electrons. The van der Waals surface area contributed by atoms with E-state index in [9.17, 15) is 9.90 Å². The predicted molar refractivity (Wildman–Crippen MR) is 47.5 cm³/mol. The van der Waals surface area contributed by atoms with Gasteiger partial charge < -0.3 is 10.2 Å². The molecule has 2 N–H and O–H groups in total. The molecule has 3 nitrogen and oxygen atoms in total. The molecule has 4 heteroatoms. The largest absolute Gasteiger partial charge is 0.508 e.